The van der Waals surface area contributed by atoms with Crippen molar-refractivity contribution < 1.29 is 14.3 Å². The number of nitrogens with one attached hydrogen (secondary N) is 1. The second-order valence-electron chi connectivity index (χ2n) is 6.71. The lowest BCUT2D eigenvalue weighted by Gasteiger charge is -2.28. The molecule has 1 aliphatic carbocycles. The van der Waals surface area contributed by atoms with Gasteiger partial charge in [-0.25, -0.2) is 0 Å². The molecule has 5 heteroatoms. The highest BCUT2D eigenvalue weighted by atomic mass is 16.5. The summed E-state index contributed by atoms with van der Waals surface area (Å²) in [4.78, 5) is 12.8. The van der Waals surface area contributed by atoms with Crippen LogP contribution in [-0.2, 0) is 9.53 Å². The number of nitrogens with zero attached hydrogens (tertiary/aromatic N) is 1. The van der Waals surface area contributed by atoms with Gasteiger partial charge >= 0.3 is 0 Å². The van der Waals surface area contributed by atoms with Gasteiger partial charge in [0.2, 0.25) is 0 Å². The van der Waals surface area contributed by atoms with Gasteiger partial charge in [0.1, 0.15) is 17.4 Å². The Balaban J connectivity index is 2.08. The van der Waals surface area contributed by atoms with Crippen molar-refractivity contribution in [1.29, 1.82) is 5.26 Å². The number of amides is 1. The Morgan fingerprint density at radius 3 is 2.68 bits per heavy atom. The lowest BCUT2D eigenvalue weighted by molar-refractivity contribution is -0.142. The number of ether oxygens (including phenoxy) is 2. The molecular weight excluding hydrogens is 316 g/mol. The Hall–Kier alpha value is -2.06. The molecular formula is C20H28N2O3. The van der Waals surface area contributed by atoms with E-state index in [1.54, 1.807) is 18.2 Å². The average Bonchev–Trinajstić information content (AvgIpc) is 3.46. The number of anilines is 1. The first-order valence-corrected chi connectivity index (χ1v) is 9.17. The van der Waals surface area contributed by atoms with Crippen LogP contribution in [0.1, 0.15) is 58.4 Å². The van der Waals surface area contributed by atoms with Gasteiger partial charge in [0.15, 0.2) is 0 Å². The van der Waals surface area contributed by atoms with Crippen LogP contribution in [-0.4, -0.2) is 24.7 Å². The fourth-order valence-electron chi connectivity index (χ4n) is 2.72. The van der Waals surface area contributed by atoms with Gasteiger partial charge in [0, 0.05) is 12.3 Å². The summed E-state index contributed by atoms with van der Waals surface area (Å²) >= 11 is 0. The quantitative estimate of drug-likeness (QED) is 0.643. The number of nitriles is 1. The Bertz CT molecular complexity index is 634. The molecule has 1 aliphatic rings. The summed E-state index contributed by atoms with van der Waals surface area (Å²) in [5.74, 6) is 0.680. The standard InChI is InChI=1S/C20H28N2O3/c1-4-6-12-24-18-10-9-17(13-15(18)14-21)22-19(23)20(3,16-7-8-16)25-11-5-2/h9-10,13,16H,4-8,11-12H2,1-3H3,(H,22,23). The van der Waals surface area contributed by atoms with Crippen LogP contribution < -0.4 is 10.1 Å². The van der Waals surface area contributed by atoms with Gasteiger partial charge in [-0.05, 0) is 56.7 Å². The number of unbranched alkanes of at least 4 members (excludes halogenated alkanes) is 1. The first-order chi connectivity index (χ1) is 12.0. The predicted molar refractivity (Wildman–Crippen MR) is 97.6 cm³/mol. The van der Waals surface area contributed by atoms with E-state index in [1.165, 1.54) is 0 Å². The zero-order chi connectivity index (χ0) is 18.3. The number of benzene rings is 1. The summed E-state index contributed by atoms with van der Waals surface area (Å²) < 4.78 is 11.5. The highest BCUT2D eigenvalue weighted by Gasteiger charge is 2.48. The van der Waals surface area contributed by atoms with Crippen molar-refractivity contribution in [2.75, 3.05) is 18.5 Å². The van der Waals surface area contributed by atoms with Crippen LogP contribution in [0.25, 0.3) is 0 Å². The smallest absolute Gasteiger partial charge is 0.256 e. The summed E-state index contributed by atoms with van der Waals surface area (Å²) in [6.45, 7) is 7.13. The number of hydrogen-bond acceptors (Lipinski definition) is 4. The maximum absolute atomic E-state index is 12.8. The molecule has 1 N–H and O–H groups in total. The van der Waals surface area contributed by atoms with Crippen LogP contribution in [0.2, 0.25) is 0 Å². The van der Waals surface area contributed by atoms with E-state index in [9.17, 15) is 10.1 Å². The topological polar surface area (TPSA) is 71.3 Å². The number of rotatable bonds is 10. The Labute approximate surface area is 150 Å². The maximum atomic E-state index is 12.8. The second kappa shape index (κ2) is 8.87. The van der Waals surface area contributed by atoms with E-state index >= 15 is 0 Å². The number of hydrogen-bond donors (Lipinski definition) is 1. The lowest BCUT2D eigenvalue weighted by Crippen LogP contribution is -2.45. The van der Waals surface area contributed by atoms with Crippen molar-refractivity contribution in [3.05, 3.63) is 23.8 Å². The minimum Gasteiger partial charge on any atom is -0.492 e. The summed E-state index contributed by atoms with van der Waals surface area (Å²) in [6, 6.07) is 7.31. The van der Waals surface area contributed by atoms with E-state index < -0.39 is 5.60 Å². The molecule has 0 aliphatic heterocycles. The second-order valence-corrected chi connectivity index (χ2v) is 6.71. The third-order valence-corrected chi connectivity index (χ3v) is 4.53. The van der Waals surface area contributed by atoms with E-state index in [1.807, 2.05) is 13.8 Å². The SMILES string of the molecule is CCCCOc1ccc(NC(=O)C(C)(OCCC)C2CC2)cc1C#N. The van der Waals surface area contributed by atoms with Crippen LogP contribution >= 0.6 is 0 Å². The molecule has 0 spiro atoms. The van der Waals surface area contributed by atoms with Gasteiger partial charge < -0.3 is 14.8 Å². The molecule has 1 aromatic carbocycles. The largest absolute Gasteiger partial charge is 0.492 e. The monoisotopic (exact) mass is 344 g/mol. The number of carbonyl (C=O) groups excluding carboxylic acids is 1. The van der Waals surface area contributed by atoms with Gasteiger partial charge in [-0.15, -0.1) is 0 Å². The van der Waals surface area contributed by atoms with E-state index in [4.69, 9.17) is 9.47 Å². The first kappa shape index (κ1) is 19.3. The van der Waals surface area contributed by atoms with Gasteiger partial charge in [0.05, 0.1) is 12.2 Å². The first-order valence-electron chi connectivity index (χ1n) is 9.17. The van der Waals surface area contributed by atoms with Crippen molar-refractivity contribution in [2.45, 2.75) is 58.5 Å². The Kier molecular flexibility index (Phi) is 6.83. The van der Waals surface area contributed by atoms with Gasteiger partial charge in [-0.2, -0.15) is 5.26 Å². The molecule has 1 unspecified atom stereocenters. The zero-order valence-corrected chi connectivity index (χ0v) is 15.4. The molecule has 136 valence electrons. The third kappa shape index (κ3) is 4.96. The lowest BCUT2D eigenvalue weighted by atomic mass is 9.98. The van der Waals surface area contributed by atoms with Crippen molar-refractivity contribution in [3.63, 3.8) is 0 Å². The highest BCUT2D eigenvalue weighted by molar-refractivity contribution is 5.97. The summed E-state index contributed by atoms with van der Waals surface area (Å²) in [5, 5.41) is 12.3. The van der Waals surface area contributed by atoms with E-state index in [0.717, 1.165) is 32.1 Å². The van der Waals surface area contributed by atoms with Crippen LogP contribution in [0.4, 0.5) is 5.69 Å². The molecule has 0 saturated heterocycles. The molecule has 5 nitrogen and oxygen atoms in total. The molecule has 1 aromatic rings. The third-order valence-electron chi connectivity index (χ3n) is 4.53. The fourth-order valence-corrected chi connectivity index (χ4v) is 2.72. The minimum atomic E-state index is -0.806. The van der Waals surface area contributed by atoms with Gasteiger partial charge in [0.25, 0.3) is 5.91 Å². The molecule has 0 aromatic heterocycles. The average molecular weight is 344 g/mol. The molecule has 25 heavy (non-hydrogen) atoms. The molecule has 0 radical (unpaired) electrons. The molecule has 1 amide bonds. The Morgan fingerprint density at radius 1 is 1.32 bits per heavy atom. The molecule has 0 bridgehead atoms. The normalized spacial score (nSPS) is 15.9. The zero-order valence-electron chi connectivity index (χ0n) is 15.4. The molecule has 1 atom stereocenters. The van der Waals surface area contributed by atoms with Crippen molar-refractivity contribution >= 4 is 11.6 Å². The van der Waals surface area contributed by atoms with Gasteiger partial charge in [-0.1, -0.05) is 20.3 Å². The predicted octanol–water partition coefficient (Wildman–Crippen LogP) is 4.27. The van der Waals surface area contributed by atoms with Crippen molar-refractivity contribution in [3.8, 4) is 11.8 Å². The molecule has 0 heterocycles. The highest BCUT2D eigenvalue weighted by Crippen LogP contribution is 2.42. The van der Waals surface area contributed by atoms with E-state index in [2.05, 4.69) is 18.3 Å². The minimum absolute atomic E-state index is 0.146. The van der Waals surface area contributed by atoms with E-state index in [-0.39, 0.29) is 11.8 Å². The fraction of sp³-hybridized carbons (Fsp3) is 0.600. The van der Waals surface area contributed by atoms with Crippen LogP contribution in [0.15, 0.2) is 18.2 Å². The molecule has 2 rings (SSSR count). The van der Waals surface area contributed by atoms with Crippen molar-refractivity contribution in [1.82, 2.24) is 0 Å². The molecule has 1 fully saturated rings. The van der Waals surface area contributed by atoms with Crippen molar-refractivity contribution in [2.24, 2.45) is 5.92 Å². The van der Waals surface area contributed by atoms with Crippen LogP contribution in [0.3, 0.4) is 0 Å². The Morgan fingerprint density at radius 2 is 2.08 bits per heavy atom. The summed E-state index contributed by atoms with van der Waals surface area (Å²) in [7, 11) is 0. The van der Waals surface area contributed by atoms with E-state index in [0.29, 0.717) is 30.2 Å². The van der Waals surface area contributed by atoms with Crippen LogP contribution in [0.5, 0.6) is 5.75 Å². The van der Waals surface area contributed by atoms with Crippen LogP contribution in [0, 0.1) is 17.2 Å². The summed E-state index contributed by atoms with van der Waals surface area (Å²) in [6.07, 6.45) is 4.88. The maximum Gasteiger partial charge on any atom is 0.256 e. The summed E-state index contributed by atoms with van der Waals surface area (Å²) in [5.41, 5.74) is 0.215. The number of carbonyl (C=O) groups is 1. The molecule has 1 saturated carbocycles. The van der Waals surface area contributed by atoms with Gasteiger partial charge in [-0.3, -0.25) is 4.79 Å².